The maximum atomic E-state index is 13.4. The molecule has 10 heteroatoms. The number of anilines is 1. The molecule has 0 N–H and O–H groups in total. The highest BCUT2D eigenvalue weighted by molar-refractivity contribution is 8.26. The van der Waals surface area contributed by atoms with Gasteiger partial charge in [0.2, 0.25) is 5.91 Å². The fourth-order valence-electron chi connectivity index (χ4n) is 4.59. The van der Waals surface area contributed by atoms with Gasteiger partial charge in [0, 0.05) is 0 Å². The zero-order valence-corrected chi connectivity index (χ0v) is 24.4. The second-order valence-electron chi connectivity index (χ2n) is 9.45. The average Bonchev–Trinajstić information content (AvgIpc) is 3.41. The number of imide groups is 1. The van der Waals surface area contributed by atoms with Crippen LogP contribution in [0.25, 0.3) is 6.08 Å². The van der Waals surface area contributed by atoms with Crippen molar-refractivity contribution in [3.63, 3.8) is 0 Å². The highest BCUT2D eigenvalue weighted by Gasteiger charge is 2.48. The first kappa shape index (κ1) is 28.4. The number of aryl methyl sites for hydroxylation is 1. The number of hydrogen-bond donors (Lipinski definition) is 0. The molecule has 0 aliphatic carbocycles. The van der Waals surface area contributed by atoms with Crippen molar-refractivity contribution in [2.75, 3.05) is 18.6 Å². The van der Waals surface area contributed by atoms with Crippen LogP contribution in [0.2, 0.25) is 0 Å². The van der Waals surface area contributed by atoms with Gasteiger partial charge in [-0.15, -0.1) is 0 Å². The summed E-state index contributed by atoms with van der Waals surface area (Å²) in [7, 11) is 1.55. The van der Waals surface area contributed by atoms with E-state index in [0.29, 0.717) is 46.6 Å². The van der Waals surface area contributed by atoms with Gasteiger partial charge in [0.15, 0.2) is 11.5 Å². The first-order valence-corrected chi connectivity index (χ1v) is 14.2. The first-order valence-electron chi connectivity index (χ1n) is 13.0. The van der Waals surface area contributed by atoms with Crippen LogP contribution in [-0.2, 0) is 21.0 Å². The Morgan fingerprint density at radius 1 is 0.976 bits per heavy atom. The second kappa shape index (κ2) is 12.2. The SMILES string of the molecule is CCOc1ccc(N2C(=O)CC(N3C(=O)/C(=C/c4ccc(OCc5ccc(C)cc5)c(OC)c4)SC3=S)C2=O)cc1. The molecule has 2 saturated heterocycles. The minimum atomic E-state index is -1.00. The van der Waals surface area contributed by atoms with Gasteiger partial charge in [-0.2, -0.15) is 0 Å². The number of nitrogens with zero attached hydrogens (tertiary/aromatic N) is 2. The van der Waals surface area contributed by atoms with Crippen LogP contribution in [-0.4, -0.2) is 46.7 Å². The van der Waals surface area contributed by atoms with E-state index in [9.17, 15) is 14.4 Å². The molecule has 3 amide bonds. The fraction of sp³-hybridized carbons (Fsp3) is 0.226. The van der Waals surface area contributed by atoms with Gasteiger partial charge in [-0.3, -0.25) is 19.3 Å². The summed E-state index contributed by atoms with van der Waals surface area (Å²) in [4.78, 5) is 42.3. The number of benzene rings is 3. The molecule has 2 heterocycles. The Hall–Kier alpha value is -4.15. The van der Waals surface area contributed by atoms with E-state index >= 15 is 0 Å². The number of carbonyl (C=O) groups is 3. The minimum Gasteiger partial charge on any atom is -0.494 e. The van der Waals surface area contributed by atoms with Gasteiger partial charge in [-0.1, -0.05) is 59.9 Å². The predicted molar refractivity (Wildman–Crippen MR) is 162 cm³/mol. The van der Waals surface area contributed by atoms with Crippen LogP contribution >= 0.6 is 24.0 Å². The Balaban J connectivity index is 1.30. The molecule has 0 aromatic heterocycles. The zero-order valence-electron chi connectivity index (χ0n) is 22.8. The van der Waals surface area contributed by atoms with Crippen molar-refractivity contribution in [2.24, 2.45) is 0 Å². The summed E-state index contributed by atoms with van der Waals surface area (Å²) in [5.74, 6) is 0.419. The number of hydrogen-bond acceptors (Lipinski definition) is 8. The molecule has 2 aliphatic rings. The minimum absolute atomic E-state index is 0.146. The summed E-state index contributed by atoms with van der Waals surface area (Å²) in [5, 5.41) is 0. The van der Waals surface area contributed by atoms with E-state index in [1.54, 1.807) is 49.6 Å². The summed E-state index contributed by atoms with van der Waals surface area (Å²) in [6.45, 7) is 4.79. The van der Waals surface area contributed by atoms with E-state index < -0.39 is 23.8 Å². The molecule has 3 aromatic rings. The third-order valence-corrected chi connectivity index (χ3v) is 7.99. The molecule has 0 bridgehead atoms. The molecule has 1 unspecified atom stereocenters. The molecule has 2 aliphatic heterocycles. The van der Waals surface area contributed by atoms with Crippen molar-refractivity contribution >= 4 is 57.8 Å². The molecule has 1 atom stereocenters. The lowest BCUT2D eigenvalue weighted by Crippen LogP contribution is -2.44. The lowest BCUT2D eigenvalue weighted by Gasteiger charge is -2.21. The Morgan fingerprint density at radius 2 is 1.71 bits per heavy atom. The molecule has 0 spiro atoms. The second-order valence-corrected chi connectivity index (χ2v) is 11.1. The van der Waals surface area contributed by atoms with Gasteiger partial charge >= 0.3 is 0 Å². The summed E-state index contributed by atoms with van der Waals surface area (Å²) >= 11 is 6.58. The number of ether oxygens (including phenoxy) is 3. The van der Waals surface area contributed by atoms with Crippen molar-refractivity contribution in [3.8, 4) is 17.2 Å². The molecule has 210 valence electrons. The average molecular weight is 589 g/mol. The number of rotatable bonds is 9. The lowest BCUT2D eigenvalue weighted by atomic mass is 10.1. The van der Waals surface area contributed by atoms with Crippen molar-refractivity contribution in [1.82, 2.24) is 4.90 Å². The number of amides is 3. The largest absolute Gasteiger partial charge is 0.494 e. The van der Waals surface area contributed by atoms with Crippen LogP contribution in [0.1, 0.15) is 30.0 Å². The molecular formula is C31H28N2O6S2. The quantitative estimate of drug-likeness (QED) is 0.184. The van der Waals surface area contributed by atoms with E-state index in [0.717, 1.165) is 22.2 Å². The van der Waals surface area contributed by atoms with E-state index in [4.69, 9.17) is 26.4 Å². The highest BCUT2D eigenvalue weighted by Crippen LogP contribution is 2.38. The Morgan fingerprint density at radius 3 is 2.39 bits per heavy atom. The Labute approximate surface area is 247 Å². The van der Waals surface area contributed by atoms with Gasteiger partial charge in [0.1, 0.15) is 22.7 Å². The molecular weight excluding hydrogens is 560 g/mol. The topological polar surface area (TPSA) is 85.4 Å². The normalized spacial score (nSPS) is 18.0. The van der Waals surface area contributed by atoms with Crippen molar-refractivity contribution < 1.29 is 28.6 Å². The lowest BCUT2D eigenvalue weighted by molar-refractivity contribution is -0.129. The first-order chi connectivity index (χ1) is 19.8. The van der Waals surface area contributed by atoms with Gasteiger partial charge in [-0.05, 0) is 67.4 Å². The molecule has 2 fully saturated rings. The monoisotopic (exact) mass is 588 g/mol. The molecule has 0 saturated carbocycles. The molecule has 41 heavy (non-hydrogen) atoms. The van der Waals surface area contributed by atoms with E-state index in [-0.39, 0.29) is 10.7 Å². The maximum absolute atomic E-state index is 13.4. The predicted octanol–water partition coefficient (Wildman–Crippen LogP) is 5.51. The number of thiocarbonyl (C=S) groups is 1. The van der Waals surface area contributed by atoms with Crippen LogP contribution < -0.4 is 19.1 Å². The third kappa shape index (κ3) is 5.98. The van der Waals surface area contributed by atoms with Crippen LogP contribution in [0.5, 0.6) is 17.2 Å². The summed E-state index contributed by atoms with van der Waals surface area (Å²) in [5.41, 5.74) is 3.33. The summed E-state index contributed by atoms with van der Waals surface area (Å²) < 4.78 is 17.2. The third-order valence-electron chi connectivity index (χ3n) is 6.66. The van der Waals surface area contributed by atoms with Crippen LogP contribution in [0.4, 0.5) is 5.69 Å². The van der Waals surface area contributed by atoms with Crippen LogP contribution in [0.3, 0.4) is 0 Å². The van der Waals surface area contributed by atoms with Gasteiger partial charge in [-0.25, -0.2) is 4.90 Å². The number of carbonyl (C=O) groups excluding carboxylic acids is 3. The standard InChI is InChI=1S/C31H28N2O6S2/c1-4-38-23-12-10-22(11-13-23)32-28(34)17-24(29(32)35)33-30(36)27(41-31(33)40)16-21-9-14-25(26(15-21)37-3)39-18-20-7-5-19(2)6-8-20/h5-16,24H,4,17-18H2,1-3H3/b27-16-. The number of methoxy groups -OCH3 is 1. The highest BCUT2D eigenvalue weighted by atomic mass is 32.2. The molecule has 8 nitrogen and oxygen atoms in total. The van der Waals surface area contributed by atoms with E-state index in [1.165, 1.54) is 10.5 Å². The van der Waals surface area contributed by atoms with Crippen LogP contribution in [0.15, 0.2) is 71.6 Å². The fourth-order valence-corrected chi connectivity index (χ4v) is 5.94. The van der Waals surface area contributed by atoms with Crippen LogP contribution in [0, 0.1) is 6.92 Å². The van der Waals surface area contributed by atoms with Gasteiger partial charge in [0.25, 0.3) is 11.8 Å². The molecule has 3 aromatic carbocycles. The van der Waals surface area contributed by atoms with Gasteiger partial charge in [0.05, 0.1) is 30.7 Å². The van der Waals surface area contributed by atoms with Crippen molar-refractivity contribution in [1.29, 1.82) is 0 Å². The van der Waals surface area contributed by atoms with E-state index in [1.807, 2.05) is 44.2 Å². The summed E-state index contributed by atoms with van der Waals surface area (Å²) in [6, 6.07) is 19.1. The maximum Gasteiger partial charge on any atom is 0.266 e. The zero-order chi connectivity index (χ0) is 29.1. The Kier molecular flexibility index (Phi) is 8.41. The summed E-state index contributed by atoms with van der Waals surface area (Å²) in [6.07, 6.45) is 1.55. The number of thioether (sulfide) groups is 1. The molecule has 5 rings (SSSR count). The molecule has 0 radical (unpaired) electrons. The van der Waals surface area contributed by atoms with Crippen molar-refractivity contribution in [2.45, 2.75) is 32.9 Å². The van der Waals surface area contributed by atoms with Gasteiger partial charge < -0.3 is 14.2 Å². The Bertz CT molecular complexity index is 1540. The van der Waals surface area contributed by atoms with Crippen molar-refractivity contribution in [3.05, 3.63) is 88.3 Å². The van der Waals surface area contributed by atoms with E-state index in [2.05, 4.69) is 0 Å². The smallest absolute Gasteiger partial charge is 0.266 e.